The first-order valence-corrected chi connectivity index (χ1v) is 5.85. The first-order valence-electron chi connectivity index (χ1n) is 5.85. The van der Waals surface area contributed by atoms with Crippen LogP contribution in [0.25, 0.3) is 5.65 Å². The van der Waals surface area contributed by atoms with Crippen molar-refractivity contribution in [1.82, 2.24) is 9.38 Å². The van der Waals surface area contributed by atoms with Gasteiger partial charge in [0.1, 0.15) is 11.3 Å². The zero-order valence-electron chi connectivity index (χ0n) is 9.87. The van der Waals surface area contributed by atoms with Crippen molar-refractivity contribution in [3.63, 3.8) is 0 Å². The molecule has 2 N–H and O–H groups in total. The molecule has 3 heterocycles. The topological polar surface area (TPSA) is 72.9 Å². The van der Waals surface area contributed by atoms with Crippen LogP contribution < -0.4 is 10.6 Å². The number of pyridine rings is 1. The summed E-state index contributed by atoms with van der Waals surface area (Å²) in [6, 6.07) is 3.88. The first kappa shape index (κ1) is 11.0. The first-order chi connectivity index (χ1) is 8.74. The van der Waals surface area contributed by atoms with Crippen molar-refractivity contribution in [1.29, 1.82) is 0 Å². The van der Waals surface area contributed by atoms with Gasteiger partial charge in [0.05, 0.1) is 18.9 Å². The van der Waals surface area contributed by atoms with Crippen LogP contribution in [0.15, 0.2) is 24.5 Å². The lowest BCUT2D eigenvalue weighted by atomic mass is 10.3. The SMILES string of the molecule is NC(=O)c1cn2cc(N3CCOCC3)ccc2n1. The molecule has 0 unspecified atom stereocenters. The van der Waals surface area contributed by atoms with Gasteiger partial charge in [0.15, 0.2) is 0 Å². The van der Waals surface area contributed by atoms with Gasteiger partial charge in [-0.2, -0.15) is 0 Å². The monoisotopic (exact) mass is 246 g/mol. The molecular formula is C12H14N4O2. The van der Waals surface area contributed by atoms with E-state index in [1.807, 2.05) is 22.7 Å². The van der Waals surface area contributed by atoms with Crippen molar-refractivity contribution in [3.05, 3.63) is 30.2 Å². The molecule has 6 heteroatoms. The Labute approximate surface area is 104 Å². The van der Waals surface area contributed by atoms with E-state index in [1.165, 1.54) is 0 Å². The molecule has 0 aliphatic carbocycles. The fourth-order valence-corrected chi connectivity index (χ4v) is 2.11. The number of carbonyl (C=O) groups excluding carboxylic acids is 1. The Morgan fingerprint density at radius 1 is 1.28 bits per heavy atom. The maximum absolute atomic E-state index is 11.1. The Balaban J connectivity index is 1.96. The van der Waals surface area contributed by atoms with E-state index in [0.29, 0.717) is 0 Å². The van der Waals surface area contributed by atoms with Crippen LogP contribution in [0, 0.1) is 0 Å². The summed E-state index contributed by atoms with van der Waals surface area (Å²) in [5.74, 6) is -0.508. The summed E-state index contributed by atoms with van der Waals surface area (Å²) in [7, 11) is 0. The minimum atomic E-state index is -0.508. The summed E-state index contributed by atoms with van der Waals surface area (Å²) in [4.78, 5) is 17.5. The van der Waals surface area contributed by atoms with E-state index in [-0.39, 0.29) is 5.69 Å². The number of amides is 1. The van der Waals surface area contributed by atoms with Gasteiger partial charge < -0.3 is 19.8 Å². The van der Waals surface area contributed by atoms with Gasteiger partial charge in [-0.15, -0.1) is 0 Å². The average molecular weight is 246 g/mol. The fourth-order valence-electron chi connectivity index (χ4n) is 2.11. The number of ether oxygens (including phenoxy) is 1. The minimum Gasteiger partial charge on any atom is -0.378 e. The number of nitrogens with zero attached hydrogens (tertiary/aromatic N) is 3. The number of carbonyl (C=O) groups is 1. The van der Waals surface area contributed by atoms with Gasteiger partial charge in [0.2, 0.25) is 0 Å². The highest BCUT2D eigenvalue weighted by atomic mass is 16.5. The van der Waals surface area contributed by atoms with E-state index in [1.54, 1.807) is 6.20 Å². The summed E-state index contributed by atoms with van der Waals surface area (Å²) in [5.41, 5.74) is 7.32. The highest BCUT2D eigenvalue weighted by Gasteiger charge is 2.13. The predicted molar refractivity (Wildman–Crippen MR) is 66.7 cm³/mol. The predicted octanol–water partition coefficient (Wildman–Crippen LogP) is 0.270. The molecule has 3 rings (SSSR count). The molecule has 1 aliphatic rings. The third-order valence-corrected chi connectivity index (χ3v) is 3.06. The van der Waals surface area contributed by atoms with Crippen LogP contribution in [-0.2, 0) is 4.74 Å². The lowest BCUT2D eigenvalue weighted by molar-refractivity contribution is 0.0996. The molecule has 18 heavy (non-hydrogen) atoms. The number of hydrogen-bond acceptors (Lipinski definition) is 4. The fraction of sp³-hybridized carbons (Fsp3) is 0.333. The number of primary amides is 1. The Morgan fingerprint density at radius 3 is 2.78 bits per heavy atom. The second-order valence-electron chi connectivity index (χ2n) is 4.24. The molecule has 0 atom stereocenters. The van der Waals surface area contributed by atoms with Crippen molar-refractivity contribution >= 4 is 17.2 Å². The second-order valence-corrected chi connectivity index (χ2v) is 4.24. The molecule has 94 valence electrons. The van der Waals surface area contributed by atoms with Gasteiger partial charge in [-0.25, -0.2) is 4.98 Å². The number of imidazole rings is 1. The highest BCUT2D eigenvalue weighted by molar-refractivity contribution is 5.91. The van der Waals surface area contributed by atoms with Crippen LogP contribution in [0.2, 0.25) is 0 Å². The number of anilines is 1. The van der Waals surface area contributed by atoms with E-state index in [2.05, 4.69) is 9.88 Å². The summed E-state index contributed by atoms with van der Waals surface area (Å²) in [5, 5.41) is 0. The van der Waals surface area contributed by atoms with E-state index >= 15 is 0 Å². The molecule has 1 fully saturated rings. The quantitative estimate of drug-likeness (QED) is 0.825. The van der Waals surface area contributed by atoms with E-state index in [9.17, 15) is 4.79 Å². The van der Waals surface area contributed by atoms with Crippen LogP contribution in [0.3, 0.4) is 0 Å². The van der Waals surface area contributed by atoms with E-state index in [0.717, 1.165) is 37.6 Å². The van der Waals surface area contributed by atoms with Gasteiger partial charge in [-0.1, -0.05) is 0 Å². The van der Waals surface area contributed by atoms with Crippen molar-refractivity contribution in [2.45, 2.75) is 0 Å². The van der Waals surface area contributed by atoms with Crippen molar-refractivity contribution in [2.24, 2.45) is 5.73 Å². The molecule has 0 bridgehead atoms. The molecule has 0 aromatic carbocycles. The molecule has 0 saturated carbocycles. The molecular weight excluding hydrogens is 232 g/mol. The largest absolute Gasteiger partial charge is 0.378 e. The minimum absolute atomic E-state index is 0.286. The summed E-state index contributed by atoms with van der Waals surface area (Å²) < 4.78 is 7.15. The van der Waals surface area contributed by atoms with Crippen molar-refractivity contribution in [2.75, 3.05) is 31.2 Å². The van der Waals surface area contributed by atoms with Gasteiger partial charge >= 0.3 is 0 Å². The van der Waals surface area contributed by atoms with Gasteiger partial charge in [-0.05, 0) is 12.1 Å². The average Bonchev–Trinajstić information content (AvgIpc) is 2.82. The van der Waals surface area contributed by atoms with Crippen LogP contribution in [0.5, 0.6) is 0 Å². The molecule has 2 aromatic heterocycles. The summed E-state index contributed by atoms with van der Waals surface area (Å²) in [6.45, 7) is 3.24. The van der Waals surface area contributed by atoms with E-state index in [4.69, 9.17) is 10.5 Å². The molecule has 1 amide bonds. The Kier molecular flexibility index (Phi) is 2.64. The number of fused-ring (bicyclic) bond motifs is 1. The summed E-state index contributed by atoms with van der Waals surface area (Å²) >= 11 is 0. The standard InChI is InChI=1S/C12H14N4O2/c13-12(17)10-8-16-7-9(1-2-11(16)14-10)15-3-5-18-6-4-15/h1-2,7-8H,3-6H2,(H2,13,17). The normalized spacial score (nSPS) is 16.1. The van der Waals surface area contributed by atoms with Crippen LogP contribution >= 0.6 is 0 Å². The third kappa shape index (κ3) is 1.91. The molecule has 0 radical (unpaired) electrons. The number of aromatic nitrogens is 2. The van der Waals surface area contributed by atoms with Gasteiger partial charge in [0.25, 0.3) is 5.91 Å². The molecule has 1 aliphatic heterocycles. The van der Waals surface area contributed by atoms with Crippen molar-refractivity contribution in [3.8, 4) is 0 Å². The van der Waals surface area contributed by atoms with Crippen molar-refractivity contribution < 1.29 is 9.53 Å². The smallest absolute Gasteiger partial charge is 0.268 e. The second kappa shape index (κ2) is 4.30. The molecule has 1 saturated heterocycles. The molecule has 2 aromatic rings. The van der Waals surface area contributed by atoms with Crippen LogP contribution in [0.1, 0.15) is 10.5 Å². The maximum atomic E-state index is 11.1. The number of hydrogen-bond donors (Lipinski definition) is 1. The van der Waals surface area contributed by atoms with Crippen LogP contribution in [-0.4, -0.2) is 41.6 Å². The zero-order chi connectivity index (χ0) is 12.5. The molecule has 6 nitrogen and oxygen atoms in total. The van der Waals surface area contributed by atoms with Crippen LogP contribution in [0.4, 0.5) is 5.69 Å². The lowest BCUT2D eigenvalue weighted by Gasteiger charge is -2.28. The Bertz CT molecular complexity index is 587. The maximum Gasteiger partial charge on any atom is 0.268 e. The number of nitrogens with two attached hydrogens (primary N) is 1. The zero-order valence-corrected chi connectivity index (χ0v) is 9.87. The molecule has 0 spiro atoms. The van der Waals surface area contributed by atoms with Gasteiger partial charge in [-0.3, -0.25) is 4.79 Å². The van der Waals surface area contributed by atoms with Gasteiger partial charge in [0, 0.05) is 25.5 Å². The number of morpholine rings is 1. The summed E-state index contributed by atoms with van der Waals surface area (Å²) in [6.07, 6.45) is 3.61. The Hall–Kier alpha value is -2.08. The highest BCUT2D eigenvalue weighted by Crippen LogP contribution is 2.17. The lowest BCUT2D eigenvalue weighted by Crippen LogP contribution is -2.36. The third-order valence-electron chi connectivity index (χ3n) is 3.06. The Morgan fingerprint density at radius 2 is 2.06 bits per heavy atom. The van der Waals surface area contributed by atoms with E-state index < -0.39 is 5.91 Å². The number of rotatable bonds is 2.